The molecule has 4 heteroatoms. The zero-order valence-corrected chi connectivity index (χ0v) is 9.76. The zero-order chi connectivity index (χ0) is 11.9. The fourth-order valence-corrected chi connectivity index (χ4v) is 2.14. The molecule has 0 aliphatic heterocycles. The molecule has 0 bridgehead atoms. The van der Waals surface area contributed by atoms with E-state index in [1.807, 2.05) is 25.1 Å². The van der Waals surface area contributed by atoms with Crippen LogP contribution in [0.15, 0.2) is 34.9 Å². The lowest BCUT2D eigenvalue weighted by Gasteiger charge is -2.10. The van der Waals surface area contributed by atoms with E-state index >= 15 is 0 Å². The van der Waals surface area contributed by atoms with Crippen LogP contribution < -0.4 is 5.73 Å². The van der Waals surface area contributed by atoms with Gasteiger partial charge < -0.3 is 10.3 Å². The molecule has 1 fully saturated rings. The Morgan fingerprint density at radius 1 is 1.29 bits per heavy atom. The predicted octanol–water partition coefficient (Wildman–Crippen LogP) is 2.17. The van der Waals surface area contributed by atoms with Crippen molar-refractivity contribution in [3.8, 4) is 0 Å². The summed E-state index contributed by atoms with van der Waals surface area (Å²) in [5.41, 5.74) is 6.96. The molecule has 0 amide bonds. The van der Waals surface area contributed by atoms with Crippen LogP contribution in [0.3, 0.4) is 0 Å². The number of rotatable bonds is 3. The van der Waals surface area contributed by atoms with Crippen LogP contribution in [0.2, 0.25) is 0 Å². The van der Waals surface area contributed by atoms with Crippen LogP contribution in [0.5, 0.6) is 0 Å². The van der Waals surface area contributed by atoms with Crippen molar-refractivity contribution in [2.75, 3.05) is 0 Å². The van der Waals surface area contributed by atoms with E-state index in [1.165, 1.54) is 5.56 Å². The van der Waals surface area contributed by atoms with Crippen molar-refractivity contribution in [3.63, 3.8) is 0 Å². The minimum absolute atomic E-state index is 0.0299. The summed E-state index contributed by atoms with van der Waals surface area (Å²) < 4.78 is 5.19. The van der Waals surface area contributed by atoms with Gasteiger partial charge >= 0.3 is 0 Å². The lowest BCUT2D eigenvalue weighted by molar-refractivity contribution is 0.355. The maximum Gasteiger partial charge on any atom is 0.243 e. The van der Waals surface area contributed by atoms with Gasteiger partial charge in [0.15, 0.2) is 5.82 Å². The number of aromatic nitrogens is 2. The molecule has 3 rings (SSSR count). The molecule has 0 saturated heterocycles. The lowest BCUT2D eigenvalue weighted by Crippen LogP contribution is -2.11. The van der Waals surface area contributed by atoms with Crippen LogP contribution in [0.1, 0.15) is 43.1 Å². The summed E-state index contributed by atoms with van der Waals surface area (Å²) in [6.07, 6.45) is 2.16. The molecule has 2 N–H and O–H groups in total. The van der Waals surface area contributed by atoms with Gasteiger partial charge in [0.25, 0.3) is 0 Å². The molecule has 17 heavy (non-hydrogen) atoms. The molecule has 88 valence electrons. The van der Waals surface area contributed by atoms with Gasteiger partial charge in [0.1, 0.15) is 0 Å². The highest BCUT2D eigenvalue weighted by atomic mass is 16.5. The number of benzene rings is 1. The number of hydrogen-bond donors (Lipinski definition) is 1. The minimum Gasteiger partial charge on any atom is -0.338 e. The molecule has 1 atom stereocenters. The smallest absolute Gasteiger partial charge is 0.243 e. The monoisotopic (exact) mass is 229 g/mol. The van der Waals surface area contributed by atoms with E-state index in [-0.39, 0.29) is 11.5 Å². The van der Waals surface area contributed by atoms with Crippen molar-refractivity contribution < 1.29 is 4.52 Å². The SMILES string of the molecule is CC(N)c1nc(C2(c3ccccc3)CC2)no1. The third-order valence-corrected chi connectivity index (χ3v) is 3.34. The van der Waals surface area contributed by atoms with E-state index < -0.39 is 0 Å². The minimum atomic E-state index is -0.206. The van der Waals surface area contributed by atoms with E-state index in [0.29, 0.717) is 5.89 Å². The Morgan fingerprint density at radius 2 is 2.00 bits per heavy atom. The van der Waals surface area contributed by atoms with Crippen molar-refractivity contribution >= 4 is 0 Å². The van der Waals surface area contributed by atoms with Gasteiger partial charge in [-0.1, -0.05) is 35.5 Å². The molecule has 2 aromatic rings. The summed E-state index contributed by atoms with van der Waals surface area (Å²) in [7, 11) is 0. The van der Waals surface area contributed by atoms with Crippen molar-refractivity contribution in [1.29, 1.82) is 0 Å². The molecule has 4 nitrogen and oxygen atoms in total. The second-order valence-electron chi connectivity index (χ2n) is 4.69. The average molecular weight is 229 g/mol. The maximum atomic E-state index is 5.73. The van der Waals surface area contributed by atoms with Crippen molar-refractivity contribution in [2.45, 2.75) is 31.2 Å². The Bertz CT molecular complexity index is 514. The normalized spacial score (nSPS) is 18.9. The van der Waals surface area contributed by atoms with Crippen molar-refractivity contribution in [1.82, 2.24) is 10.1 Å². The molecular formula is C13H15N3O. The van der Waals surface area contributed by atoms with Crippen molar-refractivity contribution in [2.24, 2.45) is 5.73 Å². The Labute approximate surface area is 99.8 Å². The zero-order valence-electron chi connectivity index (χ0n) is 9.76. The molecule has 1 aliphatic carbocycles. The van der Waals surface area contributed by atoms with E-state index in [2.05, 4.69) is 22.3 Å². The second-order valence-corrected chi connectivity index (χ2v) is 4.69. The number of nitrogens with zero attached hydrogens (tertiary/aromatic N) is 2. The average Bonchev–Trinajstić information content (AvgIpc) is 3.00. The first kappa shape index (κ1) is 10.5. The van der Waals surface area contributed by atoms with Crippen LogP contribution in [0.4, 0.5) is 0 Å². The molecular weight excluding hydrogens is 214 g/mol. The Morgan fingerprint density at radius 3 is 2.53 bits per heavy atom. The molecule has 0 radical (unpaired) electrons. The first-order valence-corrected chi connectivity index (χ1v) is 5.87. The third-order valence-electron chi connectivity index (χ3n) is 3.34. The third kappa shape index (κ3) is 1.65. The van der Waals surface area contributed by atoms with Crippen LogP contribution >= 0.6 is 0 Å². The molecule has 1 heterocycles. The van der Waals surface area contributed by atoms with Gasteiger partial charge in [0.2, 0.25) is 5.89 Å². The first-order chi connectivity index (χ1) is 8.22. The predicted molar refractivity (Wildman–Crippen MR) is 63.4 cm³/mol. The molecule has 0 spiro atoms. The fourth-order valence-electron chi connectivity index (χ4n) is 2.14. The first-order valence-electron chi connectivity index (χ1n) is 5.87. The van der Waals surface area contributed by atoms with Crippen LogP contribution in [0, 0.1) is 0 Å². The van der Waals surface area contributed by atoms with Crippen LogP contribution in [0.25, 0.3) is 0 Å². The Balaban J connectivity index is 1.98. The van der Waals surface area contributed by atoms with Crippen LogP contribution in [-0.4, -0.2) is 10.1 Å². The topological polar surface area (TPSA) is 64.9 Å². The summed E-state index contributed by atoms with van der Waals surface area (Å²) in [4.78, 5) is 4.42. The van der Waals surface area contributed by atoms with Gasteiger partial charge in [-0.05, 0) is 25.3 Å². The molecule has 1 unspecified atom stereocenters. The van der Waals surface area contributed by atoms with E-state index in [0.717, 1.165) is 18.7 Å². The molecule has 1 aliphatic rings. The van der Waals surface area contributed by atoms with Gasteiger partial charge in [-0.3, -0.25) is 0 Å². The Kier molecular flexibility index (Phi) is 2.26. The highest BCUT2D eigenvalue weighted by Gasteiger charge is 2.49. The molecule has 1 aromatic carbocycles. The fraction of sp³-hybridized carbons (Fsp3) is 0.385. The Hall–Kier alpha value is -1.68. The van der Waals surface area contributed by atoms with E-state index in [9.17, 15) is 0 Å². The van der Waals surface area contributed by atoms with Crippen LogP contribution in [-0.2, 0) is 5.41 Å². The lowest BCUT2D eigenvalue weighted by atomic mass is 9.95. The molecule has 1 saturated carbocycles. The standard InChI is InChI=1S/C13H15N3O/c1-9(14)11-15-12(16-17-11)13(7-8-13)10-5-3-2-4-6-10/h2-6,9H,7-8,14H2,1H3. The van der Waals surface area contributed by atoms with Gasteiger partial charge in [-0.2, -0.15) is 4.98 Å². The summed E-state index contributed by atoms with van der Waals surface area (Å²) >= 11 is 0. The maximum absolute atomic E-state index is 5.73. The summed E-state index contributed by atoms with van der Waals surface area (Å²) in [5.74, 6) is 1.29. The molecule has 1 aromatic heterocycles. The van der Waals surface area contributed by atoms with E-state index in [1.54, 1.807) is 0 Å². The second kappa shape index (κ2) is 3.67. The number of nitrogens with two attached hydrogens (primary N) is 1. The van der Waals surface area contributed by atoms with Gasteiger partial charge in [0, 0.05) is 0 Å². The van der Waals surface area contributed by atoms with Gasteiger partial charge in [-0.15, -0.1) is 0 Å². The summed E-state index contributed by atoms with van der Waals surface area (Å²) in [5, 5.41) is 4.08. The highest BCUT2D eigenvalue weighted by Crippen LogP contribution is 2.52. The quantitative estimate of drug-likeness (QED) is 0.876. The van der Waals surface area contributed by atoms with Gasteiger partial charge in [0.05, 0.1) is 11.5 Å². The number of hydrogen-bond acceptors (Lipinski definition) is 4. The van der Waals surface area contributed by atoms with E-state index in [4.69, 9.17) is 10.3 Å². The van der Waals surface area contributed by atoms with Crippen molar-refractivity contribution in [3.05, 3.63) is 47.6 Å². The van der Waals surface area contributed by atoms with Gasteiger partial charge in [-0.25, -0.2) is 0 Å². The largest absolute Gasteiger partial charge is 0.338 e. The summed E-state index contributed by atoms with van der Waals surface area (Å²) in [6, 6.07) is 10.1. The highest BCUT2D eigenvalue weighted by molar-refractivity contribution is 5.38. The summed E-state index contributed by atoms with van der Waals surface area (Å²) in [6.45, 7) is 1.85.